The second-order valence-corrected chi connectivity index (χ2v) is 6.31. The van der Waals surface area contributed by atoms with E-state index < -0.39 is 0 Å². The second-order valence-electron chi connectivity index (χ2n) is 6.31. The first-order valence-corrected chi connectivity index (χ1v) is 8.48. The second kappa shape index (κ2) is 7.75. The molecule has 1 aliphatic heterocycles. The van der Waals surface area contributed by atoms with E-state index >= 15 is 0 Å². The number of hydrogen-bond acceptors (Lipinski definition) is 5. The van der Waals surface area contributed by atoms with Crippen molar-refractivity contribution in [3.63, 3.8) is 0 Å². The Hall–Kier alpha value is -2.94. The Kier molecular flexibility index (Phi) is 5.24. The zero-order valence-corrected chi connectivity index (χ0v) is 14.3. The van der Waals surface area contributed by atoms with Crippen LogP contribution in [0.25, 0.3) is 0 Å². The van der Waals surface area contributed by atoms with E-state index in [9.17, 15) is 4.79 Å². The van der Waals surface area contributed by atoms with Crippen molar-refractivity contribution >= 4 is 11.7 Å². The molecule has 1 N–H and O–H groups in total. The number of nitriles is 1. The van der Waals surface area contributed by atoms with E-state index in [1.165, 1.54) is 0 Å². The van der Waals surface area contributed by atoms with Crippen LogP contribution in [0.3, 0.4) is 0 Å². The SMILES string of the molecule is Cc1ccc(NC2CCN(C(=O)c3cccc(CC#N)c3)CC2)nn1. The summed E-state index contributed by atoms with van der Waals surface area (Å²) in [5, 5.41) is 20.4. The van der Waals surface area contributed by atoms with Gasteiger partial charge < -0.3 is 10.2 Å². The number of hydrogen-bond donors (Lipinski definition) is 1. The number of piperidine rings is 1. The van der Waals surface area contributed by atoms with Gasteiger partial charge in [0.1, 0.15) is 5.82 Å². The van der Waals surface area contributed by atoms with E-state index in [4.69, 9.17) is 5.26 Å². The molecule has 0 radical (unpaired) electrons. The minimum Gasteiger partial charge on any atom is -0.366 e. The third-order valence-electron chi connectivity index (χ3n) is 4.39. The van der Waals surface area contributed by atoms with Crippen molar-refractivity contribution in [2.75, 3.05) is 18.4 Å². The van der Waals surface area contributed by atoms with Gasteiger partial charge in [0.25, 0.3) is 5.91 Å². The lowest BCUT2D eigenvalue weighted by Crippen LogP contribution is -2.42. The van der Waals surface area contributed by atoms with Crippen LogP contribution in [0.1, 0.15) is 34.5 Å². The molecule has 0 bridgehead atoms. The maximum absolute atomic E-state index is 12.7. The molecule has 0 unspecified atom stereocenters. The molecule has 6 nitrogen and oxygen atoms in total. The first-order valence-electron chi connectivity index (χ1n) is 8.48. The highest BCUT2D eigenvalue weighted by Crippen LogP contribution is 2.18. The van der Waals surface area contributed by atoms with Gasteiger partial charge in [-0.3, -0.25) is 4.79 Å². The first-order chi connectivity index (χ1) is 12.2. The maximum atomic E-state index is 12.7. The van der Waals surface area contributed by atoms with E-state index in [-0.39, 0.29) is 5.91 Å². The van der Waals surface area contributed by atoms with E-state index in [0.29, 0.717) is 31.1 Å². The number of amides is 1. The number of nitrogens with zero attached hydrogens (tertiary/aromatic N) is 4. The molecule has 128 valence electrons. The average molecular weight is 335 g/mol. The van der Waals surface area contributed by atoms with E-state index in [1.54, 1.807) is 0 Å². The quantitative estimate of drug-likeness (QED) is 0.928. The third-order valence-corrected chi connectivity index (χ3v) is 4.39. The lowest BCUT2D eigenvalue weighted by atomic mass is 10.0. The Morgan fingerprint density at radius 2 is 2.08 bits per heavy atom. The molecule has 1 aromatic heterocycles. The summed E-state index contributed by atoms with van der Waals surface area (Å²) in [6, 6.07) is 13.6. The zero-order chi connectivity index (χ0) is 17.6. The molecule has 2 heterocycles. The Labute approximate surface area is 147 Å². The molecular weight excluding hydrogens is 314 g/mol. The zero-order valence-electron chi connectivity index (χ0n) is 14.3. The van der Waals surface area contributed by atoms with Gasteiger partial charge >= 0.3 is 0 Å². The summed E-state index contributed by atoms with van der Waals surface area (Å²) in [6.45, 7) is 3.32. The van der Waals surface area contributed by atoms with E-state index in [2.05, 4.69) is 21.6 Å². The molecular formula is C19H21N5O. The summed E-state index contributed by atoms with van der Waals surface area (Å²) in [5.74, 6) is 0.813. The number of carbonyl (C=O) groups is 1. The van der Waals surface area contributed by atoms with Crippen molar-refractivity contribution in [3.05, 3.63) is 53.2 Å². The van der Waals surface area contributed by atoms with Crippen molar-refractivity contribution in [3.8, 4) is 6.07 Å². The first kappa shape index (κ1) is 16.9. The monoisotopic (exact) mass is 335 g/mol. The number of anilines is 1. The molecule has 1 saturated heterocycles. The molecule has 0 saturated carbocycles. The number of carbonyl (C=O) groups excluding carboxylic acids is 1. The highest BCUT2D eigenvalue weighted by Gasteiger charge is 2.24. The van der Waals surface area contributed by atoms with Crippen LogP contribution in [-0.2, 0) is 6.42 Å². The van der Waals surface area contributed by atoms with Crippen LogP contribution in [0.4, 0.5) is 5.82 Å². The van der Waals surface area contributed by atoms with Crippen LogP contribution in [0.2, 0.25) is 0 Å². The van der Waals surface area contributed by atoms with Gasteiger partial charge in [-0.1, -0.05) is 12.1 Å². The molecule has 25 heavy (non-hydrogen) atoms. The smallest absolute Gasteiger partial charge is 0.253 e. The molecule has 0 spiro atoms. The van der Waals surface area contributed by atoms with Gasteiger partial charge in [-0.05, 0) is 49.6 Å². The number of nitrogens with one attached hydrogen (secondary N) is 1. The third kappa shape index (κ3) is 4.32. The Balaban J connectivity index is 1.56. The van der Waals surface area contributed by atoms with Crippen molar-refractivity contribution < 1.29 is 4.79 Å². The van der Waals surface area contributed by atoms with Gasteiger partial charge in [-0.25, -0.2) is 0 Å². The van der Waals surface area contributed by atoms with E-state index in [1.807, 2.05) is 48.2 Å². The highest BCUT2D eigenvalue weighted by molar-refractivity contribution is 5.94. The number of likely N-dealkylation sites (tertiary alicyclic amines) is 1. The van der Waals surface area contributed by atoms with Gasteiger partial charge in [0.2, 0.25) is 0 Å². The van der Waals surface area contributed by atoms with Crippen LogP contribution in [0, 0.1) is 18.3 Å². The van der Waals surface area contributed by atoms with Crippen molar-refractivity contribution in [2.45, 2.75) is 32.2 Å². The number of benzene rings is 1. The van der Waals surface area contributed by atoms with Crippen molar-refractivity contribution in [1.29, 1.82) is 5.26 Å². The Morgan fingerprint density at radius 3 is 2.76 bits per heavy atom. The lowest BCUT2D eigenvalue weighted by Gasteiger charge is -2.32. The average Bonchev–Trinajstić information content (AvgIpc) is 2.64. The van der Waals surface area contributed by atoms with Crippen molar-refractivity contribution in [2.24, 2.45) is 0 Å². The summed E-state index contributed by atoms with van der Waals surface area (Å²) in [4.78, 5) is 14.5. The fourth-order valence-corrected chi connectivity index (χ4v) is 3.00. The summed E-state index contributed by atoms with van der Waals surface area (Å²) in [5.41, 5.74) is 2.43. The van der Waals surface area contributed by atoms with Crippen LogP contribution < -0.4 is 5.32 Å². The fraction of sp³-hybridized carbons (Fsp3) is 0.368. The summed E-state index contributed by atoms with van der Waals surface area (Å²) < 4.78 is 0. The van der Waals surface area contributed by atoms with Gasteiger partial charge in [-0.15, -0.1) is 5.10 Å². The minimum atomic E-state index is 0.0355. The molecule has 1 aromatic carbocycles. The number of rotatable bonds is 4. The maximum Gasteiger partial charge on any atom is 0.253 e. The van der Waals surface area contributed by atoms with Crippen LogP contribution >= 0.6 is 0 Å². The number of aromatic nitrogens is 2. The molecule has 6 heteroatoms. The molecule has 0 aliphatic carbocycles. The van der Waals surface area contributed by atoms with Crippen molar-refractivity contribution in [1.82, 2.24) is 15.1 Å². The molecule has 2 aromatic rings. The molecule has 1 aliphatic rings. The van der Waals surface area contributed by atoms with E-state index in [0.717, 1.165) is 29.9 Å². The Morgan fingerprint density at radius 1 is 1.28 bits per heavy atom. The van der Waals surface area contributed by atoms with Gasteiger partial charge in [-0.2, -0.15) is 10.4 Å². The predicted octanol–water partition coefficient (Wildman–Crippen LogP) is 2.57. The summed E-state index contributed by atoms with van der Waals surface area (Å²) in [7, 11) is 0. The topological polar surface area (TPSA) is 81.9 Å². The normalized spacial score (nSPS) is 14.8. The molecule has 1 amide bonds. The van der Waals surface area contributed by atoms with Gasteiger partial charge in [0, 0.05) is 24.7 Å². The molecule has 0 atom stereocenters. The molecule has 1 fully saturated rings. The highest BCUT2D eigenvalue weighted by atomic mass is 16.2. The van der Waals surface area contributed by atoms with Gasteiger partial charge in [0.15, 0.2) is 0 Å². The summed E-state index contributed by atoms with van der Waals surface area (Å²) in [6.07, 6.45) is 2.07. The van der Waals surface area contributed by atoms with Crippen LogP contribution in [0.5, 0.6) is 0 Å². The fourth-order valence-electron chi connectivity index (χ4n) is 3.00. The lowest BCUT2D eigenvalue weighted by molar-refractivity contribution is 0.0718. The minimum absolute atomic E-state index is 0.0355. The Bertz CT molecular complexity index is 773. The predicted molar refractivity (Wildman–Crippen MR) is 95.1 cm³/mol. The standard InChI is InChI=1S/C19H21N5O/c1-14-5-6-18(23-22-14)21-17-8-11-24(12-9-17)19(25)16-4-2-3-15(13-16)7-10-20/h2-6,13,17H,7-9,11-12H2,1H3,(H,21,23). The van der Waals surface area contributed by atoms with Gasteiger partial charge in [0.05, 0.1) is 18.2 Å². The molecule has 3 rings (SSSR count). The van der Waals surface area contributed by atoms with Crippen LogP contribution in [0.15, 0.2) is 36.4 Å². The number of aryl methyl sites for hydroxylation is 1. The summed E-state index contributed by atoms with van der Waals surface area (Å²) >= 11 is 0. The van der Waals surface area contributed by atoms with Crippen LogP contribution in [-0.4, -0.2) is 40.1 Å². The largest absolute Gasteiger partial charge is 0.366 e.